The number of nitrogens with zero attached hydrogens (tertiary/aromatic N) is 2. The Labute approximate surface area is 112 Å². The van der Waals surface area contributed by atoms with Gasteiger partial charge in [-0.3, -0.25) is 4.90 Å². The van der Waals surface area contributed by atoms with Crippen LogP contribution in [0.2, 0.25) is 0 Å². The highest BCUT2D eigenvalue weighted by Gasteiger charge is 2.20. The maximum absolute atomic E-state index is 9.13. The molecule has 0 spiro atoms. The Morgan fingerprint density at radius 2 is 2.16 bits per heavy atom. The topological polar surface area (TPSA) is 75.5 Å². The molecule has 0 radical (unpaired) electrons. The van der Waals surface area contributed by atoms with E-state index in [9.17, 15) is 0 Å². The van der Waals surface area contributed by atoms with Gasteiger partial charge in [-0.2, -0.15) is 0 Å². The maximum Gasteiger partial charge on any atom is 0.209 e. The van der Waals surface area contributed by atoms with E-state index in [1.54, 1.807) is 0 Å². The van der Waals surface area contributed by atoms with Gasteiger partial charge >= 0.3 is 0 Å². The Morgan fingerprint density at radius 1 is 1.37 bits per heavy atom. The second-order valence-corrected chi connectivity index (χ2v) is 5.24. The summed E-state index contributed by atoms with van der Waals surface area (Å²) >= 11 is 0. The standard InChI is InChI=1S/C14H19N3O2/c15-11-1-2-12-13(7-11)19-14(16-12)8-17-5-3-10(9-18)4-6-17/h1-2,7,10,18H,3-6,8-9,15H2. The molecule has 5 nitrogen and oxygen atoms in total. The largest absolute Gasteiger partial charge is 0.439 e. The summed E-state index contributed by atoms with van der Waals surface area (Å²) in [5.41, 5.74) is 8.03. The summed E-state index contributed by atoms with van der Waals surface area (Å²) in [6, 6.07) is 5.53. The molecule has 1 saturated heterocycles. The Kier molecular flexibility index (Phi) is 3.40. The molecule has 1 aromatic carbocycles. The molecular formula is C14H19N3O2. The highest BCUT2D eigenvalue weighted by atomic mass is 16.3. The Bertz CT molecular complexity index is 559. The van der Waals surface area contributed by atoms with Gasteiger partial charge in [-0.05, 0) is 44.0 Å². The first-order chi connectivity index (χ1) is 9.24. The van der Waals surface area contributed by atoms with E-state index in [2.05, 4.69) is 9.88 Å². The van der Waals surface area contributed by atoms with Crippen molar-refractivity contribution in [3.63, 3.8) is 0 Å². The highest BCUT2D eigenvalue weighted by Crippen LogP contribution is 2.22. The minimum atomic E-state index is 0.302. The zero-order valence-electron chi connectivity index (χ0n) is 10.9. The molecule has 1 aliphatic heterocycles. The van der Waals surface area contributed by atoms with Crippen molar-refractivity contribution in [3.8, 4) is 0 Å². The van der Waals surface area contributed by atoms with Crippen molar-refractivity contribution in [1.29, 1.82) is 0 Å². The van der Waals surface area contributed by atoms with Crippen LogP contribution in [0.4, 0.5) is 5.69 Å². The van der Waals surface area contributed by atoms with Gasteiger partial charge < -0.3 is 15.3 Å². The molecule has 19 heavy (non-hydrogen) atoms. The Balaban J connectivity index is 1.68. The molecule has 3 N–H and O–H groups in total. The van der Waals surface area contributed by atoms with Crippen LogP contribution < -0.4 is 5.73 Å². The highest BCUT2D eigenvalue weighted by molar-refractivity contribution is 5.76. The molecule has 0 atom stereocenters. The third kappa shape index (κ3) is 2.72. The third-order valence-corrected chi connectivity index (χ3v) is 3.78. The predicted molar refractivity (Wildman–Crippen MR) is 73.5 cm³/mol. The van der Waals surface area contributed by atoms with Crippen molar-refractivity contribution >= 4 is 16.8 Å². The number of rotatable bonds is 3. The van der Waals surface area contributed by atoms with Gasteiger partial charge in [-0.1, -0.05) is 0 Å². The van der Waals surface area contributed by atoms with Gasteiger partial charge in [0.05, 0.1) is 6.54 Å². The van der Waals surface area contributed by atoms with Gasteiger partial charge in [0, 0.05) is 18.4 Å². The summed E-state index contributed by atoms with van der Waals surface area (Å²) in [5.74, 6) is 1.20. The van der Waals surface area contributed by atoms with Gasteiger partial charge in [0.2, 0.25) is 5.89 Å². The van der Waals surface area contributed by atoms with E-state index in [-0.39, 0.29) is 0 Å². The molecule has 0 unspecified atom stereocenters. The molecule has 0 saturated carbocycles. The fourth-order valence-corrected chi connectivity index (χ4v) is 2.57. The van der Waals surface area contributed by atoms with Crippen LogP contribution in [-0.4, -0.2) is 34.7 Å². The number of oxazole rings is 1. The quantitative estimate of drug-likeness (QED) is 0.821. The van der Waals surface area contributed by atoms with Crippen LogP contribution >= 0.6 is 0 Å². The fraction of sp³-hybridized carbons (Fsp3) is 0.500. The summed E-state index contributed by atoms with van der Waals surface area (Å²) < 4.78 is 5.72. The molecule has 0 bridgehead atoms. The first kappa shape index (κ1) is 12.4. The van der Waals surface area contributed by atoms with E-state index in [4.69, 9.17) is 15.3 Å². The molecule has 1 aliphatic rings. The molecule has 0 amide bonds. The number of hydrogen-bond acceptors (Lipinski definition) is 5. The summed E-state index contributed by atoms with van der Waals surface area (Å²) in [7, 11) is 0. The van der Waals surface area contributed by atoms with Crippen molar-refractivity contribution < 1.29 is 9.52 Å². The number of nitrogens with two attached hydrogens (primary N) is 1. The summed E-state index contributed by atoms with van der Waals surface area (Å²) in [6.07, 6.45) is 2.09. The lowest BCUT2D eigenvalue weighted by Crippen LogP contribution is -2.34. The SMILES string of the molecule is Nc1ccc2nc(CN3CCC(CO)CC3)oc2c1. The van der Waals surface area contributed by atoms with Gasteiger partial charge in [0.15, 0.2) is 5.58 Å². The second kappa shape index (κ2) is 5.19. The summed E-state index contributed by atoms with van der Waals surface area (Å²) in [6.45, 7) is 3.01. The minimum Gasteiger partial charge on any atom is -0.439 e. The van der Waals surface area contributed by atoms with Crippen molar-refractivity contribution in [1.82, 2.24) is 9.88 Å². The van der Waals surface area contributed by atoms with Gasteiger partial charge in [-0.15, -0.1) is 0 Å². The average molecular weight is 261 g/mol. The van der Waals surface area contributed by atoms with Crippen LogP contribution in [0.3, 0.4) is 0 Å². The minimum absolute atomic E-state index is 0.302. The second-order valence-electron chi connectivity index (χ2n) is 5.24. The number of nitrogen functional groups attached to an aromatic ring is 1. The fourth-order valence-electron chi connectivity index (χ4n) is 2.57. The average Bonchev–Trinajstić information content (AvgIpc) is 2.81. The predicted octanol–water partition coefficient (Wildman–Crippen LogP) is 1.61. The molecule has 102 valence electrons. The van der Waals surface area contributed by atoms with E-state index in [1.807, 2.05) is 18.2 Å². The first-order valence-corrected chi connectivity index (χ1v) is 6.73. The lowest BCUT2D eigenvalue weighted by molar-refractivity contribution is 0.121. The third-order valence-electron chi connectivity index (χ3n) is 3.78. The molecule has 2 aromatic rings. The van der Waals surface area contributed by atoms with E-state index in [0.717, 1.165) is 49.5 Å². The van der Waals surface area contributed by atoms with Gasteiger partial charge in [0.1, 0.15) is 5.52 Å². The van der Waals surface area contributed by atoms with Crippen LogP contribution in [0.15, 0.2) is 22.6 Å². The van der Waals surface area contributed by atoms with Crippen molar-refractivity contribution in [3.05, 3.63) is 24.1 Å². The number of hydrogen-bond donors (Lipinski definition) is 2. The Hall–Kier alpha value is -1.59. The lowest BCUT2D eigenvalue weighted by atomic mass is 9.98. The normalized spacial score (nSPS) is 18.2. The number of piperidine rings is 1. The van der Waals surface area contributed by atoms with Crippen LogP contribution in [0.5, 0.6) is 0 Å². The number of fused-ring (bicyclic) bond motifs is 1. The first-order valence-electron chi connectivity index (χ1n) is 6.73. The smallest absolute Gasteiger partial charge is 0.209 e. The number of likely N-dealkylation sites (tertiary alicyclic amines) is 1. The van der Waals surface area contributed by atoms with Crippen molar-refractivity contribution in [2.45, 2.75) is 19.4 Å². The van der Waals surface area contributed by atoms with Crippen LogP contribution in [0, 0.1) is 5.92 Å². The number of aliphatic hydroxyl groups excluding tert-OH is 1. The number of aliphatic hydroxyl groups is 1. The molecular weight excluding hydrogens is 242 g/mol. The summed E-state index contributed by atoms with van der Waals surface area (Å²) in [5, 5.41) is 9.13. The molecule has 1 fully saturated rings. The van der Waals surface area contributed by atoms with Crippen LogP contribution in [-0.2, 0) is 6.54 Å². The van der Waals surface area contributed by atoms with E-state index >= 15 is 0 Å². The van der Waals surface area contributed by atoms with Gasteiger partial charge in [0.25, 0.3) is 0 Å². The van der Waals surface area contributed by atoms with Crippen LogP contribution in [0.25, 0.3) is 11.1 Å². The van der Waals surface area contributed by atoms with Crippen molar-refractivity contribution in [2.24, 2.45) is 5.92 Å². The van der Waals surface area contributed by atoms with Crippen LogP contribution in [0.1, 0.15) is 18.7 Å². The summed E-state index contributed by atoms with van der Waals surface area (Å²) in [4.78, 5) is 6.79. The molecule has 2 heterocycles. The maximum atomic E-state index is 9.13. The number of anilines is 1. The molecule has 3 rings (SSSR count). The lowest BCUT2D eigenvalue weighted by Gasteiger charge is -2.29. The van der Waals surface area contributed by atoms with E-state index < -0.39 is 0 Å². The Morgan fingerprint density at radius 3 is 2.89 bits per heavy atom. The number of benzene rings is 1. The van der Waals surface area contributed by atoms with E-state index in [0.29, 0.717) is 18.2 Å². The molecule has 5 heteroatoms. The zero-order valence-corrected chi connectivity index (χ0v) is 10.9. The molecule has 1 aromatic heterocycles. The van der Waals surface area contributed by atoms with Gasteiger partial charge in [-0.25, -0.2) is 4.98 Å². The van der Waals surface area contributed by atoms with Crippen molar-refractivity contribution in [2.75, 3.05) is 25.4 Å². The molecule has 0 aliphatic carbocycles. The number of aromatic nitrogens is 1. The van der Waals surface area contributed by atoms with E-state index in [1.165, 1.54) is 0 Å². The zero-order chi connectivity index (χ0) is 13.2. The monoisotopic (exact) mass is 261 g/mol.